The maximum atomic E-state index is 2.49. The van der Waals surface area contributed by atoms with Gasteiger partial charge in [-0.05, 0) is 58.1 Å². The van der Waals surface area contributed by atoms with Gasteiger partial charge in [0.25, 0.3) is 0 Å². The van der Waals surface area contributed by atoms with E-state index in [2.05, 4.69) is 170 Å². The molecule has 1 nitrogen and oxygen atoms in total. The van der Waals surface area contributed by atoms with Crippen LogP contribution in [-0.2, 0) is 5.41 Å². The zero-order chi connectivity index (χ0) is 30.1. The van der Waals surface area contributed by atoms with Crippen molar-refractivity contribution >= 4 is 59.3 Å². The van der Waals surface area contributed by atoms with Crippen LogP contribution in [0.3, 0.4) is 0 Å². The van der Waals surface area contributed by atoms with Crippen molar-refractivity contribution in [1.29, 1.82) is 0 Å². The molecule has 0 bridgehead atoms. The van der Waals surface area contributed by atoms with Crippen LogP contribution in [0.2, 0.25) is 0 Å². The molecule has 0 amide bonds. The van der Waals surface area contributed by atoms with Crippen LogP contribution < -0.4 is 4.90 Å². The Morgan fingerprint density at radius 2 is 1.11 bits per heavy atom. The molecule has 7 aromatic carbocycles. The van der Waals surface area contributed by atoms with Gasteiger partial charge in [0.15, 0.2) is 0 Å². The summed E-state index contributed by atoms with van der Waals surface area (Å²) in [5, 5.41) is 5.20. The van der Waals surface area contributed by atoms with Crippen LogP contribution in [0.5, 0.6) is 0 Å². The molecule has 9 rings (SSSR count). The number of anilines is 3. The fourth-order valence-corrected chi connectivity index (χ4v) is 8.72. The summed E-state index contributed by atoms with van der Waals surface area (Å²) in [6.07, 6.45) is 0. The molecular formula is C43H31NS. The fourth-order valence-electron chi connectivity index (χ4n) is 7.49. The Balaban J connectivity index is 1.33. The van der Waals surface area contributed by atoms with Crippen LogP contribution in [0.15, 0.2) is 152 Å². The lowest BCUT2D eigenvalue weighted by atomic mass is 9.82. The third-order valence-electron chi connectivity index (χ3n) is 9.67. The molecule has 1 aliphatic carbocycles. The normalized spacial score (nSPS) is 13.3. The first kappa shape index (κ1) is 26.2. The van der Waals surface area contributed by atoms with E-state index in [1.54, 1.807) is 0 Å². The van der Waals surface area contributed by atoms with Crippen LogP contribution in [0.1, 0.15) is 25.0 Å². The molecule has 0 unspecified atom stereocenters. The summed E-state index contributed by atoms with van der Waals surface area (Å²) in [6.45, 7) is 4.72. The molecule has 0 N–H and O–H groups in total. The van der Waals surface area contributed by atoms with E-state index in [4.69, 9.17) is 0 Å². The highest BCUT2D eigenvalue weighted by Gasteiger charge is 2.36. The molecule has 0 saturated heterocycles. The highest BCUT2D eigenvalue weighted by atomic mass is 32.1. The molecule has 0 radical (unpaired) electrons. The Morgan fingerprint density at radius 3 is 2.00 bits per heavy atom. The number of nitrogens with zero attached hydrogens (tertiary/aromatic N) is 1. The number of para-hydroxylation sites is 1. The Kier molecular flexibility index (Phi) is 5.78. The average Bonchev–Trinajstić information content (AvgIpc) is 3.58. The van der Waals surface area contributed by atoms with E-state index in [1.807, 2.05) is 11.3 Å². The van der Waals surface area contributed by atoms with Crippen molar-refractivity contribution in [3.05, 3.63) is 163 Å². The van der Waals surface area contributed by atoms with Gasteiger partial charge < -0.3 is 4.90 Å². The van der Waals surface area contributed by atoms with Crippen LogP contribution >= 0.6 is 11.3 Å². The topological polar surface area (TPSA) is 3.24 Å². The van der Waals surface area contributed by atoms with E-state index in [9.17, 15) is 0 Å². The standard InChI is InChI=1S/C43H31NS/c1-43(2)37-19-9-6-16-31(37)32-24-23-29(27-38(32)43)44(39-20-10-7-15-30(39)28-13-4-3-5-14-28)40-21-12-18-35-33(40)25-26-36-34-17-8-11-22-41(34)45-42(35)36/h3-27H,1-2H3. The minimum absolute atomic E-state index is 0.0887. The molecule has 45 heavy (non-hydrogen) atoms. The van der Waals surface area contributed by atoms with E-state index < -0.39 is 0 Å². The van der Waals surface area contributed by atoms with Crippen molar-refractivity contribution in [3.8, 4) is 22.3 Å². The smallest absolute Gasteiger partial charge is 0.0540 e. The molecule has 1 aromatic heterocycles. The predicted molar refractivity (Wildman–Crippen MR) is 195 cm³/mol. The van der Waals surface area contributed by atoms with Crippen molar-refractivity contribution in [2.45, 2.75) is 19.3 Å². The molecule has 2 heteroatoms. The molecule has 0 fully saturated rings. The largest absolute Gasteiger partial charge is 0.309 e. The van der Waals surface area contributed by atoms with Crippen molar-refractivity contribution < 1.29 is 0 Å². The predicted octanol–water partition coefficient (Wildman–Crippen LogP) is 12.7. The summed E-state index contributed by atoms with van der Waals surface area (Å²) < 4.78 is 2.68. The first-order valence-electron chi connectivity index (χ1n) is 15.6. The van der Waals surface area contributed by atoms with E-state index in [1.165, 1.54) is 81.4 Å². The summed E-state index contributed by atoms with van der Waals surface area (Å²) in [5.41, 5.74) is 11.3. The molecular weight excluding hydrogens is 563 g/mol. The number of hydrogen-bond donors (Lipinski definition) is 0. The van der Waals surface area contributed by atoms with Gasteiger partial charge in [0, 0.05) is 47.6 Å². The second kappa shape index (κ2) is 9.92. The molecule has 1 heterocycles. The Morgan fingerprint density at radius 1 is 0.467 bits per heavy atom. The van der Waals surface area contributed by atoms with Gasteiger partial charge in [0.05, 0.1) is 11.4 Å². The third-order valence-corrected chi connectivity index (χ3v) is 10.9. The molecule has 0 saturated carbocycles. The Labute approximate surface area is 267 Å². The lowest BCUT2D eigenvalue weighted by molar-refractivity contribution is 0.660. The summed E-state index contributed by atoms with van der Waals surface area (Å²) in [7, 11) is 0. The van der Waals surface area contributed by atoms with Gasteiger partial charge in [-0.2, -0.15) is 0 Å². The minimum Gasteiger partial charge on any atom is -0.309 e. The van der Waals surface area contributed by atoms with E-state index in [0.717, 1.165) is 0 Å². The van der Waals surface area contributed by atoms with Gasteiger partial charge >= 0.3 is 0 Å². The molecule has 214 valence electrons. The van der Waals surface area contributed by atoms with Crippen molar-refractivity contribution in [3.63, 3.8) is 0 Å². The summed E-state index contributed by atoms with van der Waals surface area (Å²) in [6, 6.07) is 55.8. The fraction of sp³-hybridized carbons (Fsp3) is 0.0698. The van der Waals surface area contributed by atoms with Gasteiger partial charge in [-0.1, -0.05) is 135 Å². The number of benzene rings is 7. The van der Waals surface area contributed by atoms with Crippen LogP contribution in [0.25, 0.3) is 53.2 Å². The first-order valence-corrected chi connectivity index (χ1v) is 16.4. The molecule has 0 aliphatic heterocycles. The second-order valence-electron chi connectivity index (χ2n) is 12.5. The molecule has 8 aromatic rings. The highest BCUT2D eigenvalue weighted by Crippen LogP contribution is 2.52. The van der Waals surface area contributed by atoms with Gasteiger partial charge in [0.1, 0.15) is 0 Å². The third kappa shape index (κ3) is 3.92. The van der Waals surface area contributed by atoms with Crippen molar-refractivity contribution in [1.82, 2.24) is 0 Å². The average molecular weight is 594 g/mol. The lowest BCUT2D eigenvalue weighted by Gasteiger charge is -2.30. The molecule has 0 atom stereocenters. The number of thiophene rings is 1. The van der Waals surface area contributed by atoms with Crippen LogP contribution in [-0.4, -0.2) is 0 Å². The van der Waals surface area contributed by atoms with Crippen LogP contribution in [0, 0.1) is 0 Å². The first-order chi connectivity index (χ1) is 22.1. The number of fused-ring (bicyclic) bond motifs is 8. The van der Waals surface area contributed by atoms with Crippen molar-refractivity contribution in [2.75, 3.05) is 4.90 Å². The Hall–Kier alpha value is -5.18. The van der Waals surface area contributed by atoms with Gasteiger partial charge in [0.2, 0.25) is 0 Å². The molecule has 0 spiro atoms. The molecule has 1 aliphatic rings. The quantitative estimate of drug-likeness (QED) is 0.196. The summed E-state index contributed by atoms with van der Waals surface area (Å²) in [5.74, 6) is 0. The van der Waals surface area contributed by atoms with Gasteiger partial charge in [-0.25, -0.2) is 0 Å². The van der Waals surface area contributed by atoms with Gasteiger partial charge in [-0.15, -0.1) is 11.3 Å². The monoisotopic (exact) mass is 593 g/mol. The van der Waals surface area contributed by atoms with E-state index in [0.29, 0.717) is 0 Å². The zero-order valence-corrected chi connectivity index (χ0v) is 26.1. The minimum atomic E-state index is -0.0887. The number of rotatable bonds is 4. The summed E-state index contributed by atoms with van der Waals surface area (Å²) in [4.78, 5) is 2.49. The summed E-state index contributed by atoms with van der Waals surface area (Å²) >= 11 is 1.89. The SMILES string of the molecule is CC1(C)c2ccccc2-c2ccc(N(c3ccccc3-c3ccccc3)c3cccc4c3ccc3c5ccccc5sc43)cc21. The maximum absolute atomic E-state index is 2.49. The van der Waals surface area contributed by atoms with Crippen molar-refractivity contribution in [2.24, 2.45) is 0 Å². The van der Waals surface area contributed by atoms with E-state index in [-0.39, 0.29) is 5.41 Å². The zero-order valence-electron chi connectivity index (χ0n) is 25.3. The lowest BCUT2D eigenvalue weighted by Crippen LogP contribution is -2.17. The Bertz CT molecular complexity index is 2410. The number of hydrogen-bond acceptors (Lipinski definition) is 2. The van der Waals surface area contributed by atoms with Crippen LogP contribution in [0.4, 0.5) is 17.1 Å². The van der Waals surface area contributed by atoms with Gasteiger partial charge in [-0.3, -0.25) is 0 Å². The highest BCUT2D eigenvalue weighted by molar-refractivity contribution is 7.26. The van der Waals surface area contributed by atoms with E-state index >= 15 is 0 Å². The maximum Gasteiger partial charge on any atom is 0.0540 e. The second-order valence-corrected chi connectivity index (χ2v) is 13.6.